The van der Waals surface area contributed by atoms with E-state index >= 15 is 0 Å². The maximum atomic E-state index is 5.93. The second-order valence-electron chi connectivity index (χ2n) is 5.81. The number of ether oxygens (including phenoxy) is 1. The minimum Gasteiger partial charge on any atom is -0.489 e. The summed E-state index contributed by atoms with van der Waals surface area (Å²) in [5, 5.41) is 3.52. The smallest absolute Gasteiger partial charge is 0.144 e. The van der Waals surface area contributed by atoms with Crippen LogP contribution in [0.2, 0.25) is 0 Å². The van der Waals surface area contributed by atoms with E-state index in [0.29, 0.717) is 11.7 Å². The summed E-state index contributed by atoms with van der Waals surface area (Å²) in [7, 11) is 0. The molecule has 0 spiro atoms. The molecular weight excluding hydrogens is 248 g/mol. The number of hydrogen-bond acceptors (Lipinski definition) is 3. The van der Waals surface area contributed by atoms with Gasteiger partial charge in [-0.3, -0.25) is 0 Å². The van der Waals surface area contributed by atoms with Crippen molar-refractivity contribution in [3.63, 3.8) is 0 Å². The van der Waals surface area contributed by atoms with Crippen molar-refractivity contribution in [2.24, 2.45) is 0 Å². The van der Waals surface area contributed by atoms with Crippen LogP contribution in [0.15, 0.2) is 18.2 Å². The van der Waals surface area contributed by atoms with Crippen LogP contribution in [-0.2, 0) is 0 Å². The van der Waals surface area contributed by atoms with Gasteiger partial charge < -0.3 is 15.8 Å². The quantitative estimate of drug-likeness (QED) is 0.502. The molecule has 20 heavy (non-hydrogen) atoms. The fourth-order valence-electron chi connectivity index (χ4n) is 2.21. The highest BCUT2D eigenvalue weighted by Crippen LogP contribution is 2.27. The molecule has 3 heteroatoms. The Kier molecular flexibility index (Phi) is 7.27. The van der Waals surface area contributed by atoms with E-state index in [0.717, 1.165) is 11.4 Å². The Bertz CT molecular complexity index is 391. The highest BCUT2D eigenvalue weighted by Gasteiger charge is 2.07. The first-order valence-corrected chi connectivity index (χ1v) is 7.85. The van der Waals surface area contributed by atoms with Gasteiger partial charge in [-0.25, -0.2) is 0 Å². The van der Waals surface area contributed by atoms with Crippen molar-refractivity contribution in [1.29, 1.82) is 0 Å². The molecule has 0 heterocycles. The van der Waals surface area contributed by atoms with Crippen LogP contribution in [0.3, 0.4) is 0 Å². The van der Waals surface area contributed by atoms with Crippen LogP contribution < -0.4 is 15.8 Å². The van der Waals surface area contributed by atoms with Gasteiger partial charge in [-0.15, -0.1) is 0 Å². The lowest BCUT2D eigenvalue weighted by Crippen LogP contribution is -2.15. The highest BCUT2D eigenvalue weighted by atomic mass is 16.5. The summed E-state index contributed by atoms with van der Waals surface area (Å²) in [5.41, 5.74) is 7.70. The van der Waals surface area contributed by atoms with Crippen molar-refractivity contribution in [2.75, 3.05) is 11.1 Å². The summed E-state index contributed by atoms with van der Waals surface area (Å²) in [6.45, 7) is 8.49. The summed E-state index contributed by atoms with van der Waals surface area (Å²) < 4.78 is 5.72. The first kappa shape index (κ1) is 16.7. The zero-order valence-electron chi connectivity index (χ0n) is 13.4. The molecule has 114 valence electrons. The molecular formula is C17H30N2O. The number of nitrogens with one attached hydrogen (secondary N) is 1. The lowest BCUT2D eigenvalue weighted by Gasteiger charge is -2.18. The highest BCUT2D eigenvalue weighted by molar-refractivity contribution is 5.61. The Balaban J connectivity index is 2.50. The fraction of sp³-hybridized carbons (Fsp3) is 0.647. The van der Waals surface area contributed by atoms with Gasteiger partial charge in [-0.05, 0) is 39.3 Å². The zero-order chi connectivity index (χ0) is 15.0. The summed E-state index contributed by atoms with van der Waals surface area (Å²) in [6.07, 6.45) is 6.57. The lowest BCUT2D eigenvalue weighted by molar-refractivity contribution is 0.244. The molecule has 0 aliphatic heterocycles. The summed E-state index contributed by atoms with van der Waals surface area (Å²) in [4.78, 5) is 0. The van der Waals surface area contributed by atoms with Gasteiger partial charge in [0.15, 0.2) is 0 Å². The number of nitrogens with two attached hydrogens (primary N) is 1. The lowest BCUT2D eigenvalue weighted by atomic mass is 10.1. The van der Waals surface area contributed by atoms with Crippen LogP contribution in [0.5, 0.6) is 5.75 Å². The van der Waals surface area contributed by atoms with Gasteiger partial charge in [-0.1, -0.05) is 32.6 Å². The van der Waals surface area contributed by atoms with E-state index in [-0.39, 0.29) is 6.10 Å². The SMILES string of the molecule is CCCCCCC(C)Nc1ccc(N)c(OC(C)C)c1. The van der Waals surface area contributed by atoms with E-state index in [1.54, 1.807) is 0 Å². The molecule has 0 saturated heterocycles. The largest absolute Gasteiger partial charge is 0.489 e. The zero-order valence-corrected chi connectivity index (χ0v) is 13.4. The molecule has 1 aromatic carbocycles. The standard InChI is InChI=1S/C17H30N2O/c1-5-6-7-8-9-14(4)19-15-10-11-16(18)17(12-15)20-13(2)3/h10-14,19H,5-9,18H2,1-4H3. The predicted molar refractivity (Wildman–Crippen MR) is 88.5 cm³/mol. The van der Waals surface area contributed by atoms with Crippen LogP contribution in [-0.4, -0.2) is 12.1 Å². The molecule has 1 aromatic rings. The van der Waals surface area contributed by atoms with Crippen molar-refractivity contribution >= 4 is 11.4 Å². The Labute approximate surface area is 123 Å². The number of anilines is 2. The molecule has 0 aliphatic carbocycles. The molecule has 0 aliphatic rings. The molecule has 0 radical (unpaired) electrons. The second kappa shape index (κ2) is 8.72. The monoisotopic (exact) mass is 278 g/mol. The summed E-state index contributed by atoms with van der Waals surface area (Å²) >= 11 is 0. The predicted octanol–water partition coefficient (Wildman–Crippen LogP) is 4.83. The van der Waals surface area contributed by atoms with Gasteiger partial charge in [0, 0.05) is 17.8 Å². The normalized spacial score (nSPS) is 12.4. The molecule has 0 aromatic heterocycles. The maximum absolute atomic E-state index is 5.93. The third kappa shape index (κ3) is 6.18. The topological polar surface area (TPSA) is 47.3 Å². The van der Waals surface area contributed by atoms with Crippen molar-refractivity contribution in [3.05, 3.63) is 18.2 Å². The van der Waals surface area contributed by atoms with E-state index in [4.69, 9.17) is 10.5 Å². The molecule has 0 saturated carbocycles. The van der Waals surface area contributed by atoms with Gasteiger partial charge in [-0.2, -0.15) is 0 Å². The van der Waals surface area contributed by atoms with Crippen LogP contribution >= 0.6 is 0 Å². The first-order valence-electron chi connectivity index (χ1n) is 7.85. The third-order valence-corrected chi connectivity index (χ3v) is 3.28. The molecule has 0 fully saturated rings. The van der Waals surface area contributed by atoms with E-state index in [9.17, 15) is 0 Å². The Hall–Kier alpha value is -1.38. The van der Waals surface area contributed by atoms with E-state index in [1.165, 1.54) is 32.1 Å². The Morgan fingerprint density at radius 3 is 2.55 bits per heavy atom. The molecule has 1 rings (SSSR count). The molecule has 0 bridgehead atoms. The van der Waals surface area contributed by atoms with Crippen molar-refractivity contribution in [1.82, 2.24) is 0 Å². The second-order valence-corrected chi connectivity index (χ2v) is 5.81. The van der Waals surface area contributed by atoms with Crippen molar-refractivity contribution < 1.29 is 4.74 Å². The molecule has 1 atom stereocenters. The Morgan fingerprint density at radius 2 is 1.90 bits per heavy atom. The van der Waals surface area contributed by atoms with Crippen molar-refractivity contribution in [3.8, 4) is 5.75 Å². The number of benzene rings is 1. The average molecular weight is 278 g/mol. The van der Waals surface area contributed by atoms with Gasteiger partial charge in [0.1, 0.15) is 5.75 Å². The van der Waals surface area contributed by atoms with Gasteiger partial charge >= 0.3 is 0 Å². The molecule has 3 nitrogen and oxygen atoms in total. The first-order chi connectivity index (χ1) is 9.52. The molecule has 1 unspecified atom stereocenters. The van der Waals surface area contributed by atoms with Gasteiger partial charge in [0.2, 0.25) is 0 Å². The Morgan fingerprint density at radius 1 is 1.15 bits per heavy atom. The number of nitrogen functional groups attached to an aromatic ring is 1. The van der Waals surface area contributed by atoms with E-state index in [2.05, 4.69) is 19.2 Å². The van der Waals surface area contributed by atoms with Crippen LogP contribution in [0.4, 0.5) is 11.4 Å². The van der Waals surface area contributed by atoms with Crippen molar-refractivity contribution in [2.45, 2.75) is 71.9 Å². The van der Waals surface area contributed by atoms with E-state index in [1.807, 2.05) is 32.0 Å². The molecule has 3 N–H and O–H groups in total. The maximum Gasteiger partial charge on any atom is 0.144 e. The van der Waals surface area contributed by atoms with Crippen LogP contribution in [0.1, 0.15) is 59.8 Å². The fourth-order valence-corrected chi connectivity index (χ4v) is 2.21. The minimum absolute atomic E-state index is 0.138. The minimum atomic E-state index is 0.138. The van der Waals surface area contributed by atoms with Crippen LogP contribution in [0, 0.1) is 0 Å². The van der Waals surface area contributed by atoms with E-state index < -0.39 is 0 Å². The third-order valence-electron chi connectivity index (χ3n) is 3.28. The van der Waals surface area contributed by atoms with Crippen LogP contribution in [0.25, 0.3) is 0 Å². The number of unbranched alkanes of at least 4 members (excludes halogenated alkanes) is 3. The summed E-state index contributed by atoms with van der Waals surface area (Å²) in [6, 6.07) is 6.40. The molecule has 0 amide bonds. The average Bonchev–Trinajstić information content (AvgIpc) is 2.38. The van der Waals surface area contributed by atoms with Gasteiger partial charge in [0.05, 0.1) is 11.8 Å². The number of hydrogen-bond donors (Lipinski definition) is 2. The number of rotatable bonds is 9. The summed E-state index contributed by atoms with van der Waals surface area (Å²) in [5.74, 6) is 0.767. The van der Waals surface area contributed by atoms with Gasteiger partial charge in [0.25, 0.3) is 0 Å².